The summed E-state index contributed by atoms with van der Waals surface area (Å²) in [6.45, 7) is 0. The number of thiocarbonyl (C=S) groups is 1. The van der Waals surface area contributed by atoms with Crippen molar-refractivity contribution in [1.29, 1.82) is 0 Å². The van der Waals surface area contributed by atoms with Crippen molar-refractivity contribution in [1.82, 2.24) is 0 Å². The molecule has 3 aromatic rings. The predicted molar refractivity (Wildman–Crippen MR) is 126 cm³/mol. The Kier molecular flexibility index (Phi) is 5.91. The number of nitrogens with zero attached hydrogens (tertiary/aromatic N) is 1. The molecule has 0 amide bonds. The molecule has 1 aliphatic heterocycles. The van der Waals surface area contributed by atoms with Gasteiger partial charge in [-0.05, 0) is 58.6 Å². The van der Waals surface area contributed by atoms with Gasteiger partial charge in [0.25, 0.3) is 0 Å². The molecule has 0 radical (unpaired) electrons. The van der Waals surface area contributed by atoms with Crippen LogP contribution >= 0.6 is 35.6 Å². The lowest BCUT2D eigenvalue weighted by Crippen LogP contribution is -2.13. The molecule has 1 aliphatic rings. The van der Waals surface area contributed by atoms with Crippen molar-refractivity contribution in [2.75, 3.05) is 5.32 Å². The molecule has 0 aromatic heterocycles. The SMILES string of the molecule is S=C(/N=C1/SC=C(c2ccccc2)C1c1ccc(Cl)cc1)Nc1ccccc1. The van der Waals surface area contributed by atoms with Crippen LogP contribution in [0, 0.1) is 0 Å². The van der Waals surface area contributed by atoms with E-state index in [0.717, 1.165) is 21.3 Å². The monoisotopic (exact) mass is 420 g/mol. The molecule has 0 saturated heterocycles. The zero-order chi connectivity index (χ0) is 19.3. The van der Waals surface area contributed by atoms with Crippen molar-refractivity contribution < 1.29 is 0 Å². The van der Waals surface area contributed by atoms with E-state index in [0.29, 0.717) is 5.11 Å². The second kappa shape index (κ2) is 8.74. The van der Waals surface area contributed by atoms with E-state index in [1.165, 1.54) is 11.1 Å². The molecule has 0 spiro atoms. The van der Waals surface area contributed by atoms with Crippen LogP contribution in [0.4, 0.5) is 5.69 Å². The van der Waals surface area contributed by atoms with Crippen LogP contribution in [0.25, 0.3) is 5.57 Å². The average molecular weight is 421 g/mol. The lowest BCUT2D eigenvalue weighted by Gasteiger charge is -2.17. The Morgan fingerprint density at radius 1 is 0.893 bits per heavy atom. The van der Waals surface area contributed by atoms with Crippen LogP contribution in [0.5, 0.6) is 0 Å². The molecule has 2 nitrogen and oxygen atoms in total. The predicted octanol–water partition coefficient (Wildman–Crippen LogP) is 7.01. The number of benzene rings is 3. The normalized spacial score (nSPS) is 17.4. The number of allylic oxidation sites excluding steroid dienone is 1. The Hall–Kier alpha value is -2.40. The Morgan fingerprint density at radius 2 is 1.54 bits per heavy atom. The molecule has 1 atom stereocenters. The summed E-state index contributed by atoms with van der Waals surface area (Å²) in [6, 6.07) is 28.2. The zero-order valence-electron chi connectivity index (χ0n) is 14.9. The molecule has 3 aromatic carbocycles. The molecule has 1 heterocycles. The summed E-state index contributed by atoms with van der Waals surface area (Å²) in [5.74, 6) is 0.0280. The largest absolute Gasteiger partial charge is 0.331 e. The number of para-hydroxylation sites is 1. The maximum absolute atomic E-state index is 6.10. The van der Waals surface area contributed by atoms with E-state index in [-0.39, 0.29) is 5.92 Å². The molecule has 0 aliphatic carbocycles. The Labute approximate surface area is 179 Å². The van der Waals surface area contributed by atoms with Crippen molar-refractivity contribution in [2.45, 2.75) is 5.92 Å². The second-order valence-electron chi connectivity index (χ2n) is 6.29. The molecule has 4 rings (SSSR count). The summed E-state index contributed by atoms with van der Waals surface area (Å²) in [5, 5.41) is 7.49. The van der Waals surface area contributed by atoms with Crippen molar-refractivity contribution in [3.63, 3.8) is 0 Å². The molecule has 1 N–H and O–H groups in total. The fourth-order valence-corrected chi connectivity index (χ4v) is 4.56. The molecule has 5 heteroatoms. The van der Waals surface area contributed by atoms with Crippen LogP contribution in [0.2, 0.25) is 5.02 Å². The van der Waals surface area contributed by atoms with Gasteiger partial charge in [-0.1, -0.05) is 84.0 Å². The third-order valence-electron chi connectivity index (χ3n) is 4.41. The first-order valence-corrected chi connectivity index (χ1v) is 10.5. The van der Waals surface area contributed by atoms with E-state index in [4.69, 9.17) is 28.8 Å². The van der Waals surface area contributed by atoms with E-state index in [9.17, 15) is 0 Å². The topological polar surface area (TPSA) is 24.4 Å². The number of hydrogen-bond donors (Lipinski definition) is 1. The van der Waals surface area contributed by atoms with Gasteiger partial charge in [0.2, 0.25) is 0 Å². The van der Waals surface area contributed by atoms with Crippen LogP contribution < -0.4 is 5.32 Å². The zero-order valence-corrected chi connectivity index (χ0v) is 17.3. The minimum Gasteiger partial charge on any atom is -0.331 e. The van der Waals surface area contributed by atoms with E-state index in [2.05, 4.69) is 47.1 Å². The molecule has 1 unspecified atom stereocenters. The van der Waals surface area contributed by atoms with Crippen LogP contribution in [0.1, 0.15) is 17.0 Å². The third-order valence-corrected chi connectivity index (χ3v) is 5.80. The van der Waals surface area contributed by atoms with Crippen molar-refractivity contribution in [3.8, 4) is 0 Å². The summed E-state index contributed by atoms with van der Waals surface area (Å²) < 4.78 is 0. The number of anilines is 1. The fourth-order valence-electron chi connectivity index (χ4n) is 3.10. The molecule has 0 fully saturated rings. The van der Waals surface area contributed by atoms with Crippen LogP contribution in [0.3, 0.4) is 0 Å². The van der Waals surface area contributed by atoms with E-state index in [1.807, 2.05) is 48.5 Å². The number of nitrogens with one attached hydrogen (secondary N) is 1. The van der Waals surface area contributed by atoms with E-state index >= 15 is 0 Å². The second-order valence-corrected chi connectivity index (χ2v) is 8.00. The van der Waals surface area contributed by atoms with Gasteiger partial charge < -0.3 is 5.32 Å². The lowest BCUT2D eigenvalue weighted by molar-refractivity contribution is 1.19. The van der Waals surface area contributed by atoms with Gasteiger partial charge in [0, 0.05) is 10.7 Å². The molecule has 0 bridgehead atoms. The molecule has 0 saturated carbocycles. The highest BCUT2D eigenvalue weighted by Gasteiger charge is 2.29. The number of hydrogen-bond acceptors (Lipinski definition) is 2. The maximum Gasteiger partial charge on any atom is 0.198 e. The Morgan fingerprint density at radius 3 is 2.21 bits per heavy atom. The van der Waals surface area contributed by atoms with E-state index in [1.54, 1.807) is 11.8 Å². The minimum atomic E-state index is 0.0280. The van der Waals surface area contributed by atoms with Gasteiger partial charge >= 0.3 is 0 Å². The number of halogens is 1. The number of aliphatic imine (C=N–C) groups is 1. The standard InChI is InChI=1S/C23H17ClN2S2/c24-18-13-11-17(12-14-18)21-20(16-7-3-1-4-8-16)15-28-22(21)26-23(27)25-19-9-5-2-6-10-19/h1-15,21H,(H,25,27)/b26-22+. The summed E-state index contributed by atoms with van der Waals surface area (Å²) in [5.41, 5.74) is 4.47. The van der Waals surface area contributed by atoms with Crippen molar-refractivity contribution >= 4 is 57.0 Å². The highest BCUT2D eigenvalue weighted by Crippen LogP contribution is 2.44. The van der Waals surface area contributed by atoms with Gasteiger partial charge in [0.05, 0.1) is 11.0 Å². The molecule has 28 heavy (non-hydrogen) atoms. The Bertz CT molecular complexity index is 1030. The Balaban J connectivity index is 1.66. The first kappa shape index (κ1) is 18.9. The van der Waals surface area contributed by atoms with Gasteiger partial charge in [-0.2, -0.15) is 0 Å². The van der Waals surface area contributed by atoms with Gasteiger partial charge in [0.1, 0.15) is 0 Å². The smallest absolute Gasteiger partial charge is 0.198 e. The summed E-state index contributed by atoms with van der Waals surface area (Å²) in [4.78, 5) is 4.74. The highest BCUT2D eigenvalue weighted by atomic mass is 35.5. The number of rotatable bonds is 3. The molecule has 138 valence electrons. The van der Waals surface area contributed by atoms with Crippen molar-refractivity contribution in [3.05, 3.63) is 106 Å². The fraction of sp³-hybridized carbons (Fsp3) is 0.0435. The van der Waals surface area contributed by atoms with Gasteiger partial charge in [-0.15, -0.1) is 0 Å². The molecular formula is C23H17ClN2S2. The number of thioether (sulfide) groups is 1. The first-order valence-electron chi connectivity index (χ1n) is 8.83. The van der Waals surface area contributed by atoms with Crippen LogP contribution in [-0.4, -0.2) is 10.2 Å². The lowest BCUT2D eigenvalue weighted by atomic mass is 9.88. The summed E-state index contributed by atoms with van der Waals surface area (Å²) in [6.07, 6.45) is 0. The van der Waals surface area contributed by atoms with Gasteiger partial charge in [-0.3, -0.25) is 0 Å². The minimum absolute atomic E-state index is 0.0280. The quantitative estimate of drug-likeness (QED) is 0.461. The third kappa shape index (κ3) is 4.36. The van der Waals surface area contributed by atoms with Crippen LogP contribution in [0.15, 0.2) is 95.3 Å². The average Bonchev–Trinajstić information content (AvgIpc) is 3.13. The molecular weight excluding hydrogens is 404 g/mol. The van der Waals surface area contributed by atoms with Gasteiger partial charge in [0.15, 0.2) is 5.11 Å². The summed E-state index contributed by atoms with van der Waals surface area (Å²) >= 11 is 13.2. The van der Waals surface area contributed by atoms with Crippen LogP contribution in [-0.2, 0) is 0 Å². The van der Waals surface area contributed by atoms with Gasteiger partial charge in [-0.25, -0.2) is 4.99 Å². The summed E-state index contributed by atoms with van der Waals surface area (Å²) in [7, 11) is 0. The van der Waals surface area contributed by atoms with E-state index < -0.39 is 0 Å². The van der Waals surface area contributed by atoms with Crippen molar-refractivity contribution in [2.24, 2.45) is 4.99 Å². The first-order chi connectivity index (χ1) is 13.7. The maximum atomic E-state index is 6.10. The highest BCUT2D eigenvalue weighted by molar-refractivity contribution is 8.17.